The Morgan fingerprint density at radius 1 is 1.09 bits per heavy atom. The first-order valence-electron chi connectivity index (χ1n) is 8.45. The lowest BCUT2D eigenvalue weighted by Crippen LogP contribution is -2.24. The van der Waals surface area contributed by atoms with Crippen molar-refractivity contribution >= 4 is 6.08 Å². The van der Waals surface area contributed by atoms with Crippen LogP contribution in [0.1, 0.15) is 41.1 Å². The molecular formula is C21H25NO. The highest BCUT2D eigenvalue weighted by Crippen LogP contribution is 2.27. The topological polar surface area (TPSA) is 23.5 Å². The maximum absolute atomic E-state index is 9.28. The summed E-state index contributed by atoms with van der Waals surface area (Å²) in [6, 6.07) is 17.3. The molecule has 1 fully saturated rings. The molecule has 0 saturated carbocycles. The number of aryl methyl sites for hydroxylation is 1. The minimum absolute atomic E-state index is 0.0925. The standard InChI is InChI=1S/C21H25NO/c1-17-7-10-20(11-8-17)21(22-13-2-3-14-22)12-9-18-5-4-6-19(15-18)16-23/h4-12,15,21,23H,2-3,13-14,16H2,1H3/b12-9-. The SMILES string of the molecule is Cc1ccc(C(/C=C\c2cccc(CO)c2)N2CCCC2)cc1. The molecule has 2 heteroatoms. The molecule has 0 bridgehead atoms. The number of likely N-dealkylation sites (tertiary alicyclic amines) is 1. The van der Waals surface area contributed by atoms with E-state index < -0.39 is 0 Å². The number of benzene rings is 2. The van der Waals surface area contributed by atoms with Crippen LogP contribution in [0.15, 0.2) is 54.6 Å². The first-order chi connectivity index (χ1) is 11.3. The third-order valence-electron chi connectivity index (χ3n) is 4.56. The summed E-state index contributed by atoms with van der Waals surface area (Å²) in [5.74, 6) is 0. The predicted octanol–water partition coefficient (Wildman–Crippen LogP) is 4.34. The van der Waals surface area contributed by atoms with Gasteiger partial charge in [-0.2, -0.15) is 0 Å². The van der Waals surface area contributed by atoms with Gasteiger partial charge in [0.25, 0.3) is 0 Å². The number of rotatable bonds is 5. The van der Waals surface area contributed by atoms with E-state index in [2.05, 4.69) is 54.3 Å². The average molecular weight is 307 g/mol. The Balaban J connectivity index is 1.85. The van der Waals surface area contributed by atoms with Crippen LogP contribution >= 0.6 is 0 Å². The molecule has 1 N–H and O–H groups in total. The van der Waals surface area contributed by atoms with E-state index >= 15 is 0 Å². The maximum Gasteiger partial charge on any atom is 0.0682 e. The normalized spacial score (nSPS) is 17.0. The van der Waals surface area contributed by atoms with Crippen LogP contribution < -0.4 is 0 Å². The van der Waals surface area contributed by atoms with Gasteiger partial charge >= 0.3 is 0 Å². The quantitative estimate of drug-likeness (QED) is 0.888. The Kier molecular flexibility index (Phi) is 5.27. The lowest BCUT2D eigenvalue weighted by molar-refractivity contribution is 0.282. The molecule has 1 unspecified atom stereocenters. The highest BCUT2D eigenvalue weighted by atomic mass is 16.3. The van der Waals surface area contributed by atoms with E-state index in [0.717, 1.165) is 11.1 Å². The number of aliphatic hydroxyl groups is 1. The summed E-state index contributed by atoms with van der Waals surface area (Å²) < 4.78 is 0. The highest BCUT2D eigenvalue weighted by Gasteiger charge is 2.21. The summed E-state index contributed by atoms with van der Waals surface area (Å²) in [6.07, 6.45) is 7.06. The molecular weight excluding hydrogens is 282 g/mol. The van der Waals surface area contributed by atoms with Crippen LogP contribution in [0.3, 0.4) is 0 Å². The molecule has 23 heavy (non-hydrogen) atoms. The first-order valence-corrected chi connectivity index (χ1v) is 8.45. The molecule has 1 heterocycles. The van der Waals surface area contributed by atoms with Gasteiger partial charge in [-0.1, -0.05) is 60.2 Å². The Morgan fingerprint density at radius 2 is 1.83 bits per heavy atom. The molecule has 1 aliphatic heterocycles. The molecule has 2 aromatic carbocycles. The van der Waals surface area contributed by atoms with Gasteiger partial charge in [0, 0.05) is 0 Å². The van der Waals surface area contributed by atoms with E-state index in [0.29, 0.717) is 6.04 Å². The van der Waals surface area contributed by atoms with Crippen molar-refractivity contribution in [3.05, 3.63) is 76.9 Å². The number of hydrogen-bond donors (Lipinski definition) is 1. The zero-order valence-corrected chi connectivity index (χ0v) is 13.8. The molecule has 1 atom stereocenters. The first kappa shape index (κ1) is 16.0. The summed E-state index contributed by atoms with van der Waals surface area (Å²) in [4.78, 5) is 2.55. The molecule has 0 spiro atoms. The van der Waals surface area contributed by atoms with Crippen LogP contribution in [-0.2, 0) is 6.61 Å². The van der Waals surface area contributed by atoms with Gasteiger partial charge < -0.3 is 5.11 Å². The van der Waals surface area contributed by atoms with Crippen LogP contribution in [-0.4, -0.2) is 23.1 Å². The molecule has 0 amide bonds. The number of nitrogens with zero attached hydrogens (tertiary/aromatic N) is 1. The van der Waals surface area contributed by atoms with Crippen molar-refractivity contribution in [2.24, 2.45) is 0 Å². The van der Waals surface area contributed by atoms with Crippen LogP contribution in [0.5, 0.6) is 0 Å². The zero-order chi connectivity index (χ0) is 16.1. The van der Waals surface area contributed by atoms with Crippen molar-refractivity contribution in [3.8, 4) is 0 Å². The second-order valence-electron chi connectivity index (χ2n) is 6.36. The largest absolute Gasteiger partial charge is 0.392 e. The van der Waals surface area contributed by atoms with Crippen LogP contribution in [0.25, 0.3) is 6.08 Å². The van der Waals surface area contributed by atoms with E-state index in [-0.39, 0.29) is 6.61 Å². The Bertz CT molecular complexity index is 654. The molecule has 2 aromatic rings. The predicted molar refractivity (Wildman–Crippen MR) is 96.1 cm³/mol. The fourth-order valence-electron chi connectivity index (χ4n) is 3.22. The monoisotopic (exact) mass is 307 g/mol. The minimum Gasteiger partial charge on any atom is -0.392 e. The van der Waals surface area contributed by atoms with Gasteiger partial charge in [-0.3, -0.25) is 4.90 Å². The average Bonchev–Trinajstić information content (AvgIpc) is 3.11. The van der Waals surface area contributed by atoms with Gasteiger partial charge in [0.1, 0.15) is 0 Å². The van der Waals surface area contributed by atoms with Gasteiger partial charge in [-0.15, -0.1) is 0 Å². The van der Waals surface area contributed by atoms with E-state index in [1.54, 1.807) is 0 Å². The number of aliphatic hydroxyl groups excluding tert-OH is 1. The lowest BCUT2D eigenvalue weighted by atomic mass is 10.0. The van der Waals surface area contributed by atoms with Crippen LogP contribution in [0, 0.1) is 6.92 Å². The van der Waals surface area contributed by atoms with Crippen molar-refractivity contribution in [2.45, 2.75) is 32.4 Å². The second kappa shape index (κ2) is 7.58. The zero-order valence-electron chi connectivity index (χ0n) is 13.8. The fraction of sp³-hybridized carbons (Fsp3) is 0.333. The smallest absolute Gasteiger partial charge is 0.0682 e. The van der Waals surface area contributed by atoms with Gasteiger partial charge in [0.2, 0.25) is 0 Å². The Labute approximate surface area is 139 Å². The van der Waals surface area contributed by atoms with E-state index in [1.165, 1.54) is 37.1 Å². The third kappa shape index (κ3) is 4.10. The van der Waals surface area contributed by atoms with Gasteiger partial charge in [-0.05, 0) is 55.6 Å². The van der Waals surface area contributed by atoms with E-state index in [9.17, 15) is 5.11 Å². The van der Waals surface area contributed by atoms with Crippen molar-refractivity contribution in [1.82, 2.24) is 4.90 Å². The molecule has 120 valence electrons. The summed E-state index contributed by atoms with van der Waals surface area (Å²) in [7, 11) is 0. The minimum atomic E-state index is 0.0925. The van der Waals surface area contributed by atoms with Crippen molar-refractivity contribution < 1.29 is 5.11 Å². The van der Waals surface area contributed by atoms with Gasteiger partial charge in [0.05, 0.1) is 12.6 Å². The molecule has 1 aliphatic rings. The number of hydrogen-bond acceptors (Lipinski definition) is 2. The van der Waals surface area contributed by atoms with Gasteiger partial charge in [-0.25, -0.2) is 0 Å². The van der Waals surface area contributed by atoms with Crippen molar-refractivity contribution in [2.75, 3.05) is 13.1 Å². The second-order valence-corrected chi connectivity index (χ2v) is 6.36. The van der Waals surface area contributed by atoms with Crippen LogP contribution in [0.2, 0.25) is 0 Å². The summed E-state index contributed by atoms with van der Waals surface area (Å²) in [5.41, 5.74) is 4.76. The molecule has 1 saturated heterocycles. The maximum atomic E-state index is 9.28. The molecule has 0 aliphatic carbocycles. The molecule has 0 aromatic heterocycles. The fourth-order valence-corrected chi connectivity index (χ4v) is 3.22. The lowest BCUT2D eigenvalue weighted by Gasteiger charge is -2.25. The summed E-state index contributed by atoms with van der Waals surface area (Å²) in [5, 5.41) is 9.28. The molecule has 2 nitrogen and oxygen atoms in total. The van der Waals surface area contributed by atoms with E-state index in [1.807, 2.05) is 18.2 Å². The highest BCUT2D eigenvalue weighted by molar-refractivity contribution is 5.52. The van der Waals surface area contributed by atoms with Gasteiger partial charge in [0.15, 0.2) is 0 Å². The Hall–Kier alpha value is -1.90. The molecule has 3 rings (SSSR count). The summed E-state index contributed by atoms with van der Waals surface area (Å²) >= 11 is 0. The molecule has 0 radical (unpaired) electrons. The van der Waals surface area contributed by atoms with Crippen molar-refractivity contribution in [3.63, 3.8) is 0 Å². The third-order valence-corrected chi connectivity index (χ3v) is 4.56. The summed E-state index contributed by atoms with van der Waals surface area (Å²) in [6.45, 7) is 4.55. The van der Waals surface area contributed by atoms with Crippen molar-refractivity contribution in [1.29, 1.82) is 0 Å². The Morgan fingerprint density at radius 3 is 2.52 bits per heavy atom. The van der Waals surface area contributed by atoms with Crippen LogP contribution in [0.4, 0.5) is 0 Å². The van der Waals surface area contributed by atoms with E-state index in [4.69, 9.17) is 0 Å².